The fraction of sp³-hybridized carbons (Fsp3) is 0.364. The highest BCUT2D eigenvalue weighted by molar-refractivity contribution is 6.39. The van der Waals surface area contributed by atoms with Gasteiger partial charge in [-0.2, -0.15) is 0 Å². The normalized spacial score (nSPS) is 14.4. The lowest BCUT2D eigenvalue weighted by molar-refractivity contribution is -0.119. The number of methoxy groups -OCH3 is 3. The molecule has 1 atom stereocenters. The molecule has 1 aliphatic rings. The second-order valence-corrected chi connectivity index (χ2v) is 11.4. The first-order valence-electron chi connectivity index (χ1n) is 14.8. The van der Waals surface area contributed by atoms with E-state index in [4.69, 9.17) is 47.4 Å². The van der Waals surface area contributed by atoms with Crippen LogP contribution in [0.1, 0.15) is 37.1 Å². The Balaban J connectivity index is 1.38. The molecule has 10 nitrogen and oxygen atoms in total. The maximum atomic E-state index is 11.5. The van der Waals surface area contributed by atoms with Crippen LogP contribution in [-0.4, -0.2) is 66.4 Å². The molecule has 0 bridgehead atoms. The van der Waals surface area contributed by atoms with Crippen LogP contribution in [0.5, 0.6) is 11.8 Å². The molecule has 3 heterocycles. The van der Waals surface area contributed by atoms with Crippen molar-refractivity contribution in [2.24, 2.45) is 0 Å². The molecule has 236 valence electrons. The van der Waals surface area contributed by atoms with Gasteiger partial charge in [0.1, 0.15) is 11.4 Å². The number of carbonyl (C=O) groups excluding carboxylic acids is 1. The Hall–Kier alpha value is -3.83. The van der Waals surface area contributed by atoms with Gasteiger partial charge < -0.3 is 24.8 Å². The molecule has 0 aliphatic carbocycles. The Labute approximate surface area is 272 Å². The van der Waals surface area contributed by atoms with Gasteiger partial charge >= 0.3 is 0 Å². The molecule has 2 aromatic heterocycles. The molecule has 45 heavy (non-hydrogen) atoms. The van der Waals surface area contributed by atoms with Gasteiger partial charge in [0.05, 0.1) is 54.7 Å². The van der Waals surface area contributed by atoms with E-state index in [1.807, 2.05) is 36.4 Å². The molecule has 4 aromatic rings. The molecule has 0 saturated carbocycles. The third-order valence-corrected chi connectivity index (χ3v) is 8.49. The molecule has 1 aliphatic heterocycles. The Kier molecular flexibility index (Phi) is 11.2. The van der Waals surface area contributed by atoms with Crippen molar-refractivity contribution in [1.29, 1.82) is 0 Å². The monoisotopic (exact) mass is 650 g/mol. The number of ether oxygens (including phenoxy) is 3. The largest absolute Gasteiger partial charge is 0.480 e. The van der Waals surface area contributed by atoms with E-state index in [1.165, 1.54) is 0 Å². The molecular weight excluding hydrogens is 615 g/mol. The molecule has 0 unspecified atom stereocenters. The van der Waals surface area contributed by atoms with Crippen molar-refractivity contribution in [2.45, 2.75) is 44.7 Å². The van der Waals surface area contributed by atoms with Crippen LogP contribution < -0.4 is 20.1 Å². The summed E-state index contributed by atoms with van der Waals surface area (Å²) in [5.74, 6) is 0.994. The average molecular weight is 652 g/mol. The van der Waals surface area contributed by atoms with Crippen molar-refractivity contribution in [1.82, 2.24) is 30.6 Å². The summed E-state index contributed by atoms with van der Waals surface area (Å²) < 4.78 is 16.2. The Morgan fingerprint density at radius 1 is 0.867 bits per heavy atom. The van der Waals surface area contributed by atoms with Gasteiger partial charge in [0.15, 0.2) is 0 Å². The summed E-state index contributed by atoms with van der Waals surface area (Å²) in [5, 5.41) is 7.23. The fourth-order valence-electron chi connectivity index (χ4n) is 5.34. The molecule has 2 aromatic carbocycles. The molecule has 0 radical (unpaired) electrons. The first kappa shape index (κ1) is 32.6. The minimum absolute atomic E-state index is 0.124. The molecule has 5 rings (SSSR count). The number of amides is 1. The summed E-state index contributed by atoms with van der Waals surface area (Å²) in [6.45, 7) is 1.76. The summed E-state index contributed by atoms with van der Waals surface area (Å²) in [6, 6.07) is 11.7. The van der Waals surface area contributed by atoms with Gasteiger partial charge in [-0.15, -0.1) is 0 Å². The van der Waals surface area contributed by atoms with Crippen molar-refractivity contribution in [3.05, 3.63) is 70.2 Å². The third kappa shape index (κ3) is 7.70. The summed E-state index contributed by atoms with van der Waals surface area (Å²) in [5.41, 5.74) is 5.49. The van der Waals surface area contributed by atoms with E-state index in [-0.39, 0.29) is 11.9 Å². The number of hydrogen-bond acceptors (Lipinski definition) is 9. The predicted octanol–water partition coefficient (Wildman–Crippen LogP) is 5.93. The van der Waals surface area contributed by atoms with Crippen molar-refractivity contribution in [3.8, 4) is 45.4 Å². The minimum Gasteiger partial charge on any atom is -0.480 e. The smallest absolute Gasteiger partial charge is 0.237 e. The lowest BCUT2D eigenvalue weighted by atomic mass is 9.98. The fourth-order valence-corrected chi connectivity index (χ4v) is 5.99. The number of nitrogens with one attached hydrogen (secondary N) is 2. The number of hydrogen-bond donors (Lipinski definition) is 2. The second-order valence-electron chi connectivity index (χ2n) is 10.6. The number of carbonyl (C=O) groups is 1. The maximum absolute atomic E-state index is 11.5. The van der Waals surface area contributed by atoms with Gasteiger partial charge in [-0.3, -0.25) is 14.8 Å². The first-order chi connectivity index (χ1) is 21.9. The zero-order valence-corrected chi connectivity index (χ0v) is 27.0. The number of rotatable bonds is 14. The SMILES string of the molecule is COCCNCc1ncc(-c2cccc(-c3cccc(-c4cnc(CCC[C@@H]5CCC(=O)N5)c(OC)n4)c3Cl)c2Cl)nc1OC. The predicted molar refractivity (Wildman–Crippen MR) is 175 cm³/mol. The molecule has 1 saturated heterocycles. The van der Waals surface area contributed by atoms with Crippen LogP contribution in [0.2, 0.25) is 10.0 Å². The van der Waals surface area contributed by atoms with E-state index in [1.54, 1.807) is 33.7 Å². The van der Waals surface area contributed by atoms with E-state index < -0.39 is 0 Å². The zero-order chi connectivity index (χ0) is 31.8. The van der Waals surface area contributed by atoms with Crippen LogP contribution in [-0.2, 0) is 22.5 Å². The van der Waals surface area contributed by atoms with Crippen LogP contribution in [0.25, 0.3) is 33.6 Å². The number of aromatic nitrogens is 4. The molecular formula is C33H36Cl2N6O4. The van der Waals surface area contributed by atoms with Gasteiger partial charge in [-0.25, -0.2) is 9.97 Å². The zero-order valence-electron chi connectivity index (χ0n) is 25.5. The summed E-state index contributed by atoms with van der Waals surface area (Å²) in [7, 11) is 4.81. The lowest BCUT2D eigenvalue weighted by Gasteiger charge is -2.15. The number of benzene rings is 2. The molecule has 0 spiro atoms. The van der Waals surface area contributed by atoms with Crippen molar-refractivity contribution < 1.29 is 19.0 Å². The van der Waals surface area contributed by atoms with Crippen molar-refractivity contribution >= 4 is 29.1 Å². The van der Waals surface area contributed by atoms with Gasteiger partial charge in [-0.1, -0.05) is 59.6 Å². The molecule has 1 fully saturated rings. The van der Waals surface area contributed by atoms with Gasteiger partial charge in [0.2, 0.25) is 17.7 Å². The Morgan fingerprint density at radius 2 is 1.44 bits per heavy atom. The topological polar surface area (TPSA) is 120 Å². The molecule has 2 N–H and O–H groups in total. The van der Waals surface area contributed by atoms with Crippen LogP contribution >= 0.6 is 23.2 Å². The summed E-state index contributed by atoms with van der Waals surface area (Å²) in [4.78, 5) is 30.2. The van der Waals surface area contributed by atoms with E-state index in [0.29, 0.717) is 82.6 Å². The Morgan fingerprint density at radius 3 is 2.00 bits per heavy atom. The van der Waals surface area contributed by atoms with Crippen molar-refractivity contribution in [2.75, 3.05) is 34.5 Å². The number of halogens is 2. The quantitative estimate of drug-likeness (QED) is 0.160. The van der Waals surface area contributed by atoms with Gasteiger partial charge in [-0.05, 0) is 25.7 Å². The average Bonchev–Trinajstić information content (AvgIpc) is 3.48. The first-order valence-corrected chi connectivity index (χ1v) is 15.6. The molecule has 12 heteroatoms. The second kappa shape index (κ2) is 15.4. The van der Waals surface area contributed by atoms with E-state index in [2.05, 4.69) is 20.6 Å². The van der Waals surface area contributed by atoms with Gasteiger partial charge in [0, 0.05) is 54.9 Å². The third-order valence-electron chi connectivity index (χ3n) is 7.68. The Bertz CT molecular complexity index is 1650. The van der Waals surface area contributed by atoms with E-state index in [0.717, 1.165) is 36.1 Å². The minimum atomic E-state index is 0.124. The highest BCUT2D eigenvalue weighted by Gasteiger charge is 2.21. The van der Waals surface area contributed by atoms with Crippen LogP contribution in [0.15, 0.2) is 48.8 Å². The van der Waals surface area contributed by atoms with Crippen molar-refractivity contribution in [3.63, 3.8) is 0 Å². The highest BCUT2D eigenvalue weighted by atomic mass is 35.5. The van der Waals surface area contributed by atoms with Crippen LogP contribution in [0.4, 0.5) is 0 Å². The summed E-state index contributed by atoms with van der Waals surface area (Å²) in [6.07, 6.45) is 7.33. The number of nitrogens with zero attached hydrogens (tertiary/aromatic N) is 4. The lowest BCUT2D eigenvalue weighted by Crippen LogP contribution is -2.25. The number of aryl methyl sites for hydroxylation is 1. The van der Waals surface area contributed by atoms with Gasteiger partial charge in [0.25, 0.3) is 0 Å². The molecule has 1 amide bonds. The summed E-state index contributed by atoms with van der Waals surface area (Å²) >= 11 is 14.0. The van der Waals surface area contributed by atoms with E-state index >= 15 is 0 Å². The maximum Gasteiger partial charge on any atom is 0.237 e. The standard InChI is InChI=1S/C33H36Cl2N6O4/c1-43-16-15-36-17-28-33(45-3)41-27(19-38-28)24-11-6-9-22(31(24)35)21-8-5-10-23(30(21)34)26-18-37-25(32(40-26)44-2)12-4-7-20-13-14-29(42)39-20/h5-6,8-11,18-20,36H,4,7,12-17H2,1-3H3,(H,39,42)/t20-/m1/s1. The highest BCUT2D eigenvalue weighted by Crippen LogP contribution is 2.42. The van der Waals surface area contributed by atoms with E-state index in [9.17, 15) is 4.79 Å². The van der Waals surface area contributed by atoms with Crippen LogP contribution in [0.3, 0.4) is 0 Å². The van der Waals surface area contributed by atoms with Crippen LogP contribution in [0, 0.1) is 0 Å².